The molecule has 1 amide bonds. The molecule has 0 atom stereocenters. The summed E-state index contributed by atoms with van der Waals surface area (Å²) < 4.78 is 11.9. The maximum absolute atomic E-state index is 13.4. The number of benzene rings is 2. The van der Waals surface area contributed by atoms with Crippen LogP contribution in [0.1, 0.15) is 16.8 Å². The number of hydrogen-bond donors (Lipinski definition) is 0. The number of thiazole rings is 1. The lowest BCUT2D eigenvalue weighted by Gasteiger charge is -2.21. The lowest BCUT2D eigenvalue weighted by atomic mass is 10.2. The topological polar surface area (TPSA) is 54.9 Å². The van der Waals surface area contributed by atoms with Crippen LogP contribution in [0.3, 0.4) is 0 Å². The number of anilines is 1. The summed E-state index contributed by atoms with van der Waals surface area (Å²) in [6.45, 7) is 1.46. The summed E-state index contributed by atoms with van der Waals surface area (Å²) in [7, 11) is 7.31. The third-order valence-corrected chi connectivity index (χ3v) is 6.54. The van der Waals surface area contributed by atoms with E-state index in [4.69, 9.17) is 14.5 Å². The molecule has 30 heavy (non-hydrogen) atoms. The fourth-order valence-corrected chi connectivity index (χ4v) is 4.62. The molecule has 0 radical (unpaired) electrons. The quantitative estimate of drug-likeness (QED) is 0.448. The van der Waals surface area contributed by atoms with Crippen LogP contribution in [0.2, 0.25) is 0 Å². The molecule has 3 rings (SSSR count). The lowest BCUT2D eigenvalue weighted by molar-refractivity contribution is 0.0986. The summed E-state index contributed by atoms with van der Waals surface area (Å²) in [5.41, 5.74) is 1.36. The van der Waals surface area contributed by atoms with E-state index in [0.29, 0.717) is 28.5 Å². The third-order valence-electron chi connectivity index (χ3n) is 4.70. The van der Waals surface area contributed by atoms with Crippen LogP contribution in [0.4, 0.5) is 5.13 Å². The van der Waals surface area contributed by atoms with Crippen LogP contribution in [-0.4, -0.2) is 63.5 Å². The number of ether oxygens (including phenoxy) is 2. The highest BCUT2D eigenvalue weighted by atomic mass is 32.2. The molecule has 0 aliphatic heterocycles. The second-order valence-electron chi connectivity index (χ2n) is 6.99. The van der Waals surface area contributed by atoms with Gasteiger partial charge >= 0.3 is 0 Å². The second kappa shape index (κ2) is 10.1. The number of rotatable bonds is 9. The first-order chi connectivity index (χ1) is 14.5. The molecule has 1 aromatic heterocycles. The van der Waals surface area contributed by atoms with Gasteiger partial charge in [0, 0.05) is 17.0 Å². The van der Waals surface area contributed by atoms with Gasteiger partial charge in [-0.3, -0.25) is 9.69 Å². The highest BCUT2D eigenvalue weighted by Crippen LogP contribution is 2.40. The zero-order chi connectivity index (χ0) is 21.7. The van der Waals surface area contributed by atoms with Crippen molar-refractivity contribution < 1.29 is 14.3 Å². The van der Waals surface area contributed by atoms with Crippen LogP contribution < -0.4 is 14.4 Å². The number of fused-ring (bicyclic) bond motifs is 1. The van der Waals surface area contributed by atoms with Gasteiger partial charge in [-0.05, 0) is 69.7 Å². The molecule has 8 heteroatoms. The summed E-state index contributed by atoms with van der Waals surface area (Å²) in [6, 6.07) is 11.4. The SMILES string of the molecule is COc1ccc(OC)c2sc(N(CCCN(C)C)C(=O)c3ccc(SC)cc3)nc12. The Bertz CT molecular complexity index is 962. The Balaban J connectivity index is 2.01. The van der Waals surface area contributed by atoms with E-state index in [1.54, 1.807) is 30.9 Å². The van der Waals surface area contributed by atoms with Gasteiger partial charge in [0.05, 0.1) is 14.2 Å². The number of carbonyl (C=O) groups excluding carboxylic acids is 1. The Morgan fingerprint density at radius 1 is 1.03 bits per heavy atom. The van der Waals surface area contributed by atoms with Gasteiger partial charge in [-0.15, -0.1) is 11.8 Å². The molecular weight excluding hydrogens is 418 g/mol. The van der Waals surface area contributed by atoms with Gasteiger partial charge in [0.15, 0.2) is 5.13 Å². The van der Waals surface area contributed by atoms with E-state index >= 15 is 0 Å². The maximum atomic E-state index is 13.4. The summed E-state index contributed by atoms with van der Waals surface area (Å²) in [5.74, 6) is 1.33. The minimum absolute atomic E-state index is 0.0570. The number of methoxy groups -OCH3 is 2. The van der Waals surface area contributed by atoms with Gasteiger partial charge in [-0.1, -0.05) is 11.3 Å². The van der Waals surface area contributed by atoms with Crippen LogP contribution in [0, 0.1) is 0 Å². The minimum Gasteiger partial charge on any atom is -0.495 e. The first kappa shape index (κ1) is 22.4. The first-order valence-electron chi connectivity index (χ1n) is 9.60. The molecular formula is C22H27N3O3S2. The van der Waals surface area contributed by atoms with Gasteiger partial charge in [-0.2, -0.15) is 0 Å². The number of amides is 1. The average Bonchev–Trinajstić information content (AvgIpc) is 3.20. The molecule has 0 bridgehead atoms. The number of hydrogen-bond acceptors (Lipinski definition) is 7. The van der Waals surface area contributed by atoms with Crippen molar-refractivity contribution >= 4 is 44.4 Å². The zero-order valence-corrected chi connectivity index (χ0v) is 19.6. The molecule has 160 valence electrons. The Hall–Kier alpha value is -2.29. The monoisotopic (exact) mass is 445 g/mol. The molecule has 6 nitrogen and oxygen atoms in total. The van der Waals surface area contributed by atoms with Crippen molar-refractivity contribution in [3.63, 3.8) is 0 Å². The van der Waals surface area contributed by atoms with E-state index in [0.717, 1.165) is 28.3 Å². The number of thioether (sulfide) groups is 1. The Morgan fingerprint density at radius 2 is 1.70 bits per heavy atom. The molecule has 0 spiro atoms. The molecule has 3 aromatic rings. The lowest BCUT2D eigenvalue weighted by Crippen LogP contribution is -2.33. The van der Waals surface area contributed by atoms with E-state index in [-0.39, 0.29) is 5.91 Å². The molecule has 0 fully saturated rings. The second-order valence-corrected chi connectivity index (χ2v) is 8.84. The largest absolute Gasteiger partial charge is 0.495 e. The van der Waals surface area contributed by atoms with E-state index in [2.05, 4.69) is 4.90 Å². The van der Waals surface area contributed by atoms with Crippen LogP contribution in [0.25, 0.3) is 10.2 Å². The summed E-state index contributed by atoms with van der Waals surface area (Å²) in [5, 5.41) is 0.644. The van der Waals surface area contributed by atoms with E-state index in [9.17, 15) is 4.79 Å². The van der Waals surface area contributed by atoms with Gasteiger partial charge in [0.25, 0.3) is 5.91 Å². The van der Waals surface area contributed by atoms with E-state index in [1.807, 2.05) is 56.7 Å². The number of carbonyl (C=O) groups is 1. The fourth-order valence-electron chi connectivity index (χ4n) is 3.11. The fraction of sp³-hybridized carbons (Fsp3) is 0.364. The standard InChI is InChI=1S/C22H27N3O3S2/c1-24(2)13-6-14-25(21(26)15-7-9-16(29-5)10-8-15)22-23-19-17(27-3)11-12-18(28-4)20(19)30-22/h7-12H,6,13-14H2,1-5H3. The zero-order valence-electron chi connectivity index (χ0n) is 18.0. The molecule has 1 heterocycles. The Kier molecular flexibility index (Phi) is 7.58. The molecule has 0 N–H and O–H groups in total. The van der Waals surface area contributed by atoms with Gasteiger partial charge in [0.2, 0.25) is 0 Å². The van der Waals surface area contributed by atoms with E-state index < -0.39 is 0 Å². The molecule has 2 aromatic carbocycles. The van der Waals surface area contributed by atoms with Crippen molar-refractivity contribution in [2.24, 2.45) is 0 Å². The molecule has 0 unspecified atom stereocenters. The van der Waals surface area contributed by atoms with Crippen molar-refractivity contribution in [1.29, 1.82) is 0 Å². The van der Waals surface area contributed by atoms with Crippen molar-refractivity contribution in [1.82, 2.24) is 9.88 Å². The van der Waals surface area contributed by atoms with Crippen molar-refractivity contribution in [2.75, 3.05) is 52.6 Å². The van der Waals surface area contributed by atoms with Gasteiger partial charge in [0.1, 0.15) is 21.7 Å². The van der Waals surface area contributed by atoms with Crippen molar-refractivity contribution in [3.8, 4) is 11.5 Å². The Labute approximate surface area is 185 Å². The third kappa shape index (κ3) is 4.88. The Morgan fingerprint density at radius 3 is 2.30 bits per heavy atom. The summed E-state index contributed by atoms with van der Waals surface area (Å²) in [6.07, 6.45) is 2.86. The number of nitrogens with zero attached hydrogens (tertiary/aromatic N) is 3. The predicted molar refractivity (Wildman–Crippen MR) is 126 cm³/mol. The first-order valence-corrected chi connectivity index (χ1v) is 11.6. The molecule has 0 aliphatic carbocycles. The minimum atomic E-state index is -0.0570. The smallest absolute Gasteiger partial charge is 0.260 e. The molecule has 0 saturated heterocycles. The van der Waals surface area contributed by atoms with E-state index in [1.165, 1.54) is 11.3 Å². The van der Waals surface area contributed by atoms with Gasteiger partial charge < -0.3 is 14.4 Å². The summed E-state index contributed by atoms with van der Waals surface area (Å²) >= 11 is 3.10. The van der Waals surface area contributed by atoms with Gasteiger partial charge in [-0.25, -0.2) is 4.98 Å². The number of aromatic nitrogens is 1. The molecule has 0 saturated carbocycles. The van der Waals surface area contributed by atoms with Crippen LogP contribution in [0.15, 0.2) is 41.3 Å². The average molecular weight is 446 g/mol. The highest BCUT2D eigenvalue weighted by molar-refractivity contribution is 7.98. The highest BCUT2D eigenvalue weighted by Gasteiger charge is 2.23. The molecule has 0 aliphatic rings. The normalized spacial score (nSPS) is 11.1. The predicted octanol–water partition coefficient (Wildman–Crippen LogP) is 4.63. The van der Waals surface area contributed by atoms with Crippen molar-refractivity contribution in [3.05, 3.63) is 42.0 Å². The maximum Gasteiger partial charge on any atom is 0.260 e. The van der Waals surface area contributed by atoms with Crippen molar-refractivity contribution in [2.45, 2.75) is 11.3 Å². The van der Waals surface area contributed by atoms with Crippen LogP contribution in [-0.2, 0) is 0 Å². The van der Waals surface area contributed by atoms with Crippen LogP contribution >= 0.6 is 23.1 Å². The summed E-state index contributed by atoms with van der Waals surface area (Å²) in [4.78, 5) is 23.2. The van der Waals surface area contributed by atoms with Crippen LogP contribution in [0.5, 0.6) is 11.5 Å².